The van der Waals surface area contributed by atoms with Gasteiger partial charge in [-0.1, -0.05) is 13.8 Å². The first kappa shape index (κ1) is 20.7. The van der Waals surface area contributed by atoms with Crippen LogP contribution in [0.25, 0.3) is 5.69 Å². The van der Waals surface area contributed by atoms with Crippen LogP contribution in [0, 0.1) is 6.92 Å². The van der Waals surface area contributed by atoms with Crippen LogP contribution in [0.15, 0.2) is 35.8 Å². The Kier molecular flexibility index (Phi) is 6.43. The molecule has 1 N–H and O–H groups in total. The summed E-state index contributed by atoms with van der Waals surface area (Å²) in [5, 5.41) is 10.2. The van der Waals surface area contributed by atoms with E-state index in [1.807, 2.05) is 5.38 Å². The molecule has 2 aromatic heterocycles. The van der Waals surface area contributed by atoms with E-state index in [9.17, 15) is 9.59 Å². The summed E-state index contributed by atoms with van der Waals surface area (Å²) in [5.41, 5.74) is 3.28. The van der Waals surface area contributed by atoms with Gasteiger partial charge in [0.1, 0.15) is 5.56 Å². The molecule has 3 rings (SSSR count). The van der Waals surface area contributed by atoms with E-state index in [2.05, 4.69) is 29.2 Å². The summed E-state index contributed by atoms with van der Waals surface area (Å²) < 4.78 is 6.69. The molecule has 0 fully saturated rings. The van der Waals surface area contributed by atoms with Gasteiger partial charge in [-0.25, -0.2) is 14.5 Å². The first-order valence-electron chi connectivity index (χ1n) is 9.45. The number of nitrogens with one attached hydrogen (secondary N) is 1. The molecular weight excluding hydrogens is 388 g/mol. The minimum atomic E-state index is -0.394. The third-order valence-electron chi connectivity index (χ3n) is 4.37. The average Bonchev–Trinajstić information content (AvgIpc) is 3.33. The lowest BCUT2D eigenvalue weighted by atomic mass is 10.2. The Morgan fingerprint density at radius 1 is 1.24 bits per heavy atom. The average molecular weight is 413 g/mol. The van der Waals surface area contributed by atoms with Gasteiger partial charge in [-0.2, -0.15) is 5.10 Å². The Hall–Kier alpha value is -3.00. The van der Waals surface area contributed by atoms with Crippen LogP contribution >= 0.6 is 11.3 Å². The predicted molar refractivity (Wildman–Crippen MR) is 112 cm³/mol. The molecule has 2 heterocycles. The molecule has 0 atom stereocenters. The van der Waals surface area contributed by atoms with Crippen molar-refractivity contribution in [3.63, 3.8) is 0 Å². The van der Waals surface area contributed by atoms with Gasteiger partial charge in [0, 0.05) is 16.9 Å². The number of hydrogen-bond donors (Lipinski definition) is 1. The van der Waals surface area contributed by atoms with Crippen LogP contribution < -0.4 is 5.32 Å². The molecule has 1 amide bonds. The number of aromatic nitrogens is 3. The first-order valence-corrected chi connectivity index (χ1v) is 10.3. The van der Waals surface area contributed by atoms with Crippen LogP contribution in [0.5, 0.6) is 0 Å². The molecule has 0 unspecified atom stereocenters. The summed E-state index contributed by atoms with van der Waals surface area (Å²) in [4.78, 5) is 28.9. The fourth-order valence-electron chi connectivity index (χ4n) is 2.78. The second kappa shape index (κ2) is 9.00. The highest BCUT2D eigenvalue weighted by Crippen LogP contribution is 2.19. The molecule has 0 bridgehead atoms. The molecule has 0 aliphatic heterocycles. The fourth-order valence-corrected chi connectivity index (χ4v) is 3.61. The summed E-state index contributed by atoms with van der Waals surface area (Å²) in [6.07, 6.45) is 1.49. The van der Waals surface area contributed by atoms with Crippen molar-refractivity contribution >= 4 is 23.2 Å². The van der Waals surface area contributed by atoms with Crippen LogP contribution in [0.4, 0.5) is 0 Å². The summed E-state index contributed by atoms with van der Waals surface area (Å²) in [5.74, 6) is -0.179. The molecular formula is C21H24N4O3S. The van der Waals surface area contributed by atoms with Crippen molar-refractivity contribution in [3.8, 4) is 5.69 Å². The molecule has 0 saturated heterocycles. The molecule has 0 saturated carbocycles. The molecule has 0 aliphatic carbocycles. The van der Waals surface area contributed by atoms with E-state index in [1.165, 1.54) is 6.20 Å². The Labute approximate surface area is 173 Å². The SMILES string of the molecule is CCOC(=O)c1cnn(-c2ccc(C(=O)NCc3csc(C(C)C)n3)cc2)c1C. The van der Waals surface area contributed by atoms with E-state index in [-0.39, 0.29) is 5.91 Å². The highest BCUT2D eigenvalue weighted by molar-refractivity contribution is 7.09. The van der Waals surface area contributed by atoms with Crippen molar-refractivity contribution in [1.29, 1.82) is 0 Å². The van der Waals surface area contributed by atoms with Crippen LogP contribution in [-0.4, -0.2) is 33.2 Å². The lowest BCUT2D eigenvalue weighted by Crippen LogP contribution is -2.23. The van der Waals surface area contributed by atoms with E-state index in [4.69, 9.17) is 4.74 Å². The number of carbonyl (C=O) groups excluding carboxylic acids is 2. The normalized spacial score (nSPS) is 10.9. The summed E-state index contributed by atoms with van der Waals surface area (Å²) >= 11 is 1.61. The molecule has 152 valence electrons. The Morgan fingerprint density at radius 3 is 2.59 bits per heavy atom. The zero-order valence-electron chi connectivity index (χ0n) is 16.9. The third kappa shape index (κ3) is 4.71. The predicted octanol–water partition coefficient (Wildman–Crippen LogP) is 3.87. The van der Waals surface area contributed by atoms with Crippen LogP contribution in [0.1, 0.15) is 63.8 Å². The molecule has 0 aliphatic rings. The highest BCUT2D eigenvalue weighted by atomic mass is 32.1. The standard InChI is InChI=1S/C21H24N4O3S/c1-5-28-21(27)18-11-23-25(14(18)4)17-8-6-15(7-9-17)19(26)22-10-16-12-29-20(24-16)13(2)3/h6-9,11-13H,5,10H2,1-4H3,(H,22,26). The van der Waals surface area contributed by atoms with Gasteiger partial charge in [0.05, 0.1) is 41.4 Å². The topological polar surface area (TPSA) is 86.1 Å². The van der Waals surface area contributed by atoms with Crippen LogP contribution in [0.3, 0.4) is 0 Å². The smallest absolute Gasteiger partial charge is 0.341 e. The summed E-state index contributed by atoms with van der Waals surface area (Å²) in [7, 11) is 0. The molecule has 0 radical (unpaired) electrons. The number of esters is 1. The van der Waals surface area contributed by atoms with Gasteiger partial charge in [0.15, 0.2) is 0 Å². The van der Waals surface area contributed by atoms with Crippen molar-refractivity contribution < 1.29 is 14.3 Å². The van der Waals surface area contributed by atoms with E-state index in [0.29, 0.717) is 35.9 Å². The number of carbonyl (C=O) groups is 2. The Morgan fingerprint density at radius 2 is 1.97 bits per heavy atom. The molecule has 29 heavy (non-hydrogen) atoms. The monoisotopic (exact) mass is 412 g/mol. The number of thiazole rings is 1. The number of ether oxygens (including phenoxy) is 1. The summed E-state index contributed by atoms with van der Waals surface area (Å²) in [6, 6.07) is 7.06. The zero-order valence-corrected chi connectivity index (χ0v) is 17.7. The van der Waals surface area contributed by atoms with Crippen molar-refractivity contribution in [3.05, 3.63) is 63.4 Å². The minimum Gasteiger partial charge on any atom is -0.462 e. The maximum Gasteiger partial charge on any atom is 0.341 e. The van der Waals surface area contributed by atoms with Gasteiger partial charge < -0.3 is 10.1 Å². The van der Waals surface area contributed by atoms with Crippen LogP contribution in [-0.2, 0) is 11.3 Å². The Balaban J connectivity index is 1.66. The van der Waals surface area contributed by atoms with Gasteiger partial charge >= 0.3 is 5.97 Å². The van der Waals surface area contributed by atoms with Crippen molar-refractivity contribution in [2.75, 3.05) is 6.61 Å². The number of amides is 1. The lowest BCUT2D eigenvalue weighted by Gasteiger charge is -2.08. The minimum absolute atomic E-state index is 0.167. The number of nitrogens with zero attached hydrogens (tertiary/aromatic N) is 3. The van der Waals surface area contributed by atoms with E-state index >= 15 is 0 Å². The number of benzene rings is 1. The van der Waals surface area contributed by atoms with E-state index < -0.39 is 5.97 Å². The maximum absolute atomic E-state index is 12.4. The van der Waals surface area contributed by atoms with Gasteiger partial charge in [-0.15, -0.1) is 11.3 Å². The largest absolute Gasteiger partial charge is 0.462 e. The lowest BCUT2D eigenvalue weighted by molar-refractivity contribution is 0.0525. The third-order valence-corrected chi connectivity index (χ3v) is 5.57. The molecule has 3 aromatic rings. The summed E-state index contributed by atoms with van der Waals surface area (Å²) in [6.45, 7) is 8.47. The van der Waals surface area contributed by atoms with E-state index in [1.54, 1.807) is 54.1 Å². The van der Waals surface area contributed by atoms with Gasteiger partial charge in [-0.3, -0.25) is 4.79 Å². The maximum atomic E-state index is 12.4. The number of rotatable bonds is 7. The second-order valence-electron chi connectivity index (χ2n) is 6.84. The van der Waals surface area contributed by atoms with Gasteiger partial charge in [0.25, 0.3) is 5.91 Å². The van der Waals surface area contributed by atoms with Crippen molar-refractivity contribution in [2.24, 2.45) is 0 Å². The van der Waals surface area contributed by atoms with Crippen LogP contribution in [0.2, 0.25) is 0 Å². The zero-order chi connectivity index (χ0) is 21.0. The molecule has 7 nitrogen and oxygen atoms in total. The molecule has 0 spiro atoms. The fraction of sp³-hybridized carbons (Fsp3) is 0.333. The molecule has 8 heteroatoms. The van der Waals surface area contributed by atoms with Crippen molar-refractivity contribution in [2.45, 2.75) is 40.2 Å². The molecule has 1 aromatic carbocycles. The second-order valence-corrected chi connectivity index (χ2v) is 7.73. The Bertz CT molecular complexity index is 1010. The van der Waals surface area contributed by atoms with E-state index in [0.717, 1.165) is 16.4 Å². The quantitative estimate of drug-likeness (QED) is 0.596. The van der Waals surface area contributed by atoms with Gasteiger partial charge in [-0.05, 0) is 38.1 Å². The van der Waals surface area contributed by atoms with Crippen molar-refractivity contribution in [1.82, 2.24) is 20.1 Å². The first-order chi connectivity index (χ1) is 13.9. The number of hydrogen-bond acceptors (Lipinski definition) is 6. The highest BCUT2D eigenvalue weighted by Gasteiger charge is 2.16. The van der Waals surface area contributed by atoms with Gasteiger partial charge in [0.2, 0.25) is 0 Å².